The lowest BCUT2D eigenvalue weighted by Gasteiger charge is -2.07. The van der Waals surface area contributed by atoms with Gasteiger partial charge in [-0.05, 0) is 36.4 Å². The summed E-state index contributed by atoms with van der Waals surface area (Å²) >= 11 is 0.882. The van der Waals surface area contributed by atoms with Gasteiger partial charge in [0.15, 0.2) is 0 Å². The molecular formula is C14H10F2O3S. The summed E-state index contributed by atoms with van der Waals surface area (Å²) in [6, 6.07) is 8.27. The summed E-state index contributed by atoms with van der Waals surface area (Å²) in [4.78, 5) is 11.1. The van der Waals surface area contributed by atoms with Gasteiger partial charge in [0.1, 0.15) is 17.4 Å². The lowest BCUT2D eigenvalue weighted by molar-refractivity contribution is 0.0695. The lowest BCUT2D eigenvalue weighted by Crippen LogP contribution is -2.00. The van der Waals surface area contributed by atoms with Crippen LogP contribution in [0.2, 0.25) is 0 Å². The van der Waals surface area contributed by atoms with E-state index >= 15 is 0 Å². The summed E-state index contributed by atoms with van der Waals surface area (Å²) in [6.07, 6.45) is 0. The molecular weight excluding hydrogens is 286 g/mol. The Kier molecular flexibility index (Phi) is 4.24. The molecule has 0 fully saturated rings. The summed E-state index contributed by atoms with van der Waals surface area (Å²) in [7, 11) is 1.52. The number of methoxy groups -OCH3 is 1. The Morgan fingerprint density at radius 3 is 2.15 bits per heavy atom. The van der Waals surface area contributed by atoms with Gasteiger partial charge in [0.25, 0.3) is 0 Å². The zero-order valence-electron chi connectivity index (χ0n) is 10.4. The van der Waals surface area contributed by atoms with E-state index in [-0.39, 0.29) is 4.90 Å². The number of rotatable bonds is 4. The maximum atomic E-state index is 13.8. The molecule has 0 spiro atoms. The van der Waals surface area contributed by atoms with Crippen LogP contribution in [0.15, 0.2) is 46.2 Å². The Balaban J connectivity index is 2.30. The standard InChI is InChI=1S/C14H10F2O3S/c1-19-9-2-4-10(5-3-9)20-13-11(15)6-8(14(17)18)7-12(13)16/h2-7H,1H3,(H,17,18). The molecule has 0 aliphatic rings. The third-order valence-electron chi connectivity index (χ3n) is 2.52. The first-order valence-electron chi connectivity index (χ1n) is 5.55. The fourth-order valence-electron chi connectivity index (χ4n) is 1.54. The highest BCUT2D eigenvalue weighted by molar-refractivity contribution is 7.99. The van der Waals surface area contributed by atoms with Gasteiger partial charge in [-0.15, -0.1) is 0 Å². The predicted octanol–water partition coefficient (Wildman–Crippen LogP) is 3.82. The van der Waals surface area contributed by atoms with Crippen LogP contribution in [0, 0.1) is 11.6 Å². The first-order chi connectivity index (χ1) is 9.51. The number of halogens is 2. The molecule has 1 N–H and O–H groups in total. The minimum Gasteiger partial charge on any atom is -0.497 e. The second kappa shape index (κ2) is 5.92. The Morgan fingerprint density at radius 1 is 1.15 bits per heavy atom. The van der Waals surface area contributed by atoms with E-state index in [1.54, 1.807) is 24.3 Å². The zero-order valence-corrected chi connectivity index (χ0v) is 11.2. The van der Waals surface area contributed by atoms with Gasteiger partial charge in [0.2, 0.25) is 0 Å². The summed E-state index contributed by atoms with van der Waals surface area (Å²) in [5, 5.41) is 8.72. The Bertz CT molecular complexity index is 618. The molecule has 0 unspecified atom stereocenters. The Hall–Kier alpha value is -2.08. The third-order valence-corrected chi connectivity index (χ3v) is 3.63. The van der Waals surface area contributed by atoms with Gasteiger partial charge in [0, 0.05) is 4.90 Å². The molecule has 0 bridgehead atoms. The number of carbonyl (C=O) groups is 1. The summed E-state index contributed by atoms with van der Waals surface area (Å²) in [5.74, 6) is -2.54. The maximum Gasteiger partial charge on any atom is 0.335 e. The molecule has 0 aliphatic heterocycles. The van der Waals surface area contributed by atoms with Gasteiger partial charge < -0.3 is 9.84 Å². The number of carboxylic acids is 1. The molecule has 3 nitrogen and oxygen atoms in total. The van der Waals surface area contributed by atoms with E-state index in [9.17, 15) is 13.6 Å². The van der Waals surface area contributed by atoms with Crippen LogP contribution in [-0.4, -0.2) is 18.2 Å². The number of hydrogen-bond donors (Lipinski definition) is 1. The third kappa shape index (κ3) is 3.08. The molecule has 104 valence electrons. The highest BCUT2D eigenvalue weighted by Crippen LogP contribution is 2.33. The van der Waals surface area contributed by atoms with E-state index in [1.165, 1.54) is 7.11 Å². The molecule has 2 aromatic rings. The molecule has 0 saturated carbocycles. The van der Waals surface area contributed by atoms with Crippen molar-refractivity contribution in [3.05, 3.63) is 53.6 Å². The average molecular weight is 296 g/mol. The monoisotopic (exact) mass is 296 g/mol. The molecule has 0 aliphatic carbocycles. The highest BCUT2D eigenvalue weighted by atomic mass is 32.2. The molecule has 0 aromatic heterocycles. The van der Waals surface area contributed by atoms with Crippen LogP contribution in [0.25, 0.3) is 0 Å². The van der Waals surface area contributed by atoms with Gasteiger partial charge in [-0.2, -0.15) is 0 Å². The molecule has 2 rings (SSSR count). The van der Waals surface area contributed by atoms with Crippen molar-refractivity contribution in [1.29, 1.82) is 0 Å². The molecule has 0 amide bonds. The molecule has 0 heterocycles. The SMILES string of the molecule is COc1ccc(Sc2c(F)cc(C(=O)O)cc2F)cc1. The van der Waals surface area contributed by atoms with Crippen molar-refractivity contribution in [3.8, 4) is 5.75 Å². The fourth-order valence-corrected chi connectivity index (χ4v) is 2.36. The van der Waals surface area contributed by atoms with Crippen LogP contribution in [-0.2, 0) is 0 Å². The van der Waals surface area contributed by atoms with E-state index in [0.29, 0.717) is 10.6 Å². The molecule has 20 heavy (non-hydrogen) atoms. The molecule has 2 aromatic carbocycles. The number of aromatic carboxylic acids is 1. The van der Waals surface area contributed by atoms with E-state index in [1.807, 2.05) is 0 Å². The minimum absolute atomic E-state index is 0.236. The van der Waals surface area contributed by atoms with Crippen molar-refractivity contribution in [2.75, 3.05) is 7.11 Å². The van der Waals surface area contributed by atoms with E-state index in [2.05, 4.69) is 0 Å². The number of carboxylic acid groups (broad SMARTS) is 1. The fraction of sp³-hybridized carbons (Fsp3) is 0.0714. The smallest absolute Gasteiger partial charge is 0.335 e. The molecule has 0 atom stereocenters. The number of ether oxygens (including phenoxy) is 1. The van der Waals surface area contributed by atoms with Crippen molar-refractivity contribution < 1.29 is 23.4 Å². The largest absolute Gasteiger partial charge is 0.497 e. The van der Waals surface area contributed by atoms with Crippen molar-refractivity contribution >= 4 is 17.7 Å². The van der Waals surface area contributed by atoms with Crippen molar-refractivity contribution in [2.45, 2.75) is 9.79 Å². The van der Waals surface area contributed by atoms with Crippen LogP contribution in [0.1, 0.15) is 10.4 Å². The van der Waals surface area contributed by atoms with Gasteiger partial charge in [0.05, 0.1) is 17.6 Å². The molecule has 0 radical (unpaired) electrons. The number of benzene rings is 2. The highest BCUT2D eigenvalue weighted by Gasteiger charge is 2.15. The van der Waals surface area contributed by atoms with Crippen LogP contribution in [0.5, 0.6) is 5.75 Å². The van der Waals surface area contributed by atoms with E-state index < -0.39 is 23.2 Å². The van der Waals surface area contributed by atoms with Crippen molar-refractivity contribution in [3.63, 3.8) is 0 Å². The summed E-state index contributed by atoms with van der Waals surface area (Å²) in [5.41, 5.74) is -0.418. The van der Waals surface area contributed by atoms with Gasteiger partial charge >= 0.3 is 5.97 Å². The first-order valence-corrected chi connectivity index (χ1v) is 6.37. The molecule has 0 saturated heterocycles. The Labute approximate surface area is 118 Å². The van der Waals surface area contributed by atoms with Crippen molar-refractivity contribution in [2.24, 2.45) is 0 Å². The Morgan fingerprint density at radius 2 is 1.70 bits per heavy atom. The summed E-state index contributed by atoms with van der Waals surface area (Å²) in [6.45, 7) is 0. The first kappa shape index (κ1) is 14.3. The maximum absolute atomic E-state index is 13.8. The van der Waals surface area contributed by atoms with Gasteiger partial charge in [-0.25, -0.2) is 13.6 Å². The zero-order chi connectivity index (χ0) is 14.7. The van der Waals surface area contributed by atoms with Gasteiger partial charge in [-0.1, -0.05) is 11.8 Å². The van der Waals surface area contributed by atoms with Gasteiger partial charge in [-0.3, -0.25) is 0 Å². The number of hydrogen-bond acceptors (Lipinski definition) is 3. The lowest BCUT2D eigenvalue weighted by atomic mass is 10.2. The minimum atomic E-state index is -1.37. The van der Waals surface area contributed by atoms with Crippen LogP contribution in [0.3, 0.4) is 0 Å². The quantitative estimate of drug-likeness (QED) is 0.931. The van der Waals surface area contributed by atoms with Crippen LogP contribution in [0.4, 0.5) is 8.78 Å². The average Bonchev–Trinajstić information content (AvgIpc) is 2.43. The summed E-state index contributed by atoms with van der Waals surface area (Å²) < 4.78 is 32.5. The van der Waals surface area contributed by atoms with Crippen molar-refractivity contribution in [1.82, 2.24) is 0 Å². The van der Waals surface area contributed by atoms with E-state index in [0.717, 1.165) is 23.9 Å². The predicted molar refractivity (Wildman–Crippen MR) is 70.4 cm³/mol. The van der Waals surface area contributed by atoms with Crippen LogP contribution < -0.4 is 4.74 Å². The second-order valence-electron chi connectivity index (χ2n) is 3.85. The van der Waals surface area contributed by atoms with Crippen LogP contribution >= 0.6 is 11.8 Å². The molecule has 6 heteroatoms. The normalized spacial score (nSPS) is 10.3. The topological polar surface area (TPSA) is 46.5 Å². The van der Waals surface area contributed by atoms with E-state index in [4.69, 9.17) is 9.84 Å². The second-order valence-corrected chi connectivity index (χ2v) is 4.94.